The van der Waals surface area contributed by atoms with Crippen LogP contribution >= 0.6 is 0 Å². The first-order chi connectivity index (χ1) is 21.4. The first kappa shape index (κ1) is 31.1. The van der Waals surface area contributed by atoms with Gasteiger partial charge in [-0.05, 0) is 93.1 Å². The number of carbonyl (C=O) groups is 1. The number of anilines is 1. The number of ether oxygens (including phenoxy) is 4. The second-order valence-corrected chi connectivity index (χ2v) is 11.8. The zero-order chi connectivity index (χ0) is 32.3. The first-order valence-corrected chi connectivity index (χ1v) is 14.5. The van der Waals surface area contributed by atoms with Crippen molar-refractivity contribution in [3.63, 3.8) is 0 Å². The van der Waals surface area contributed by atoms with E-state index in [9.17, 15) is 20.0 Å². The summed E-state index contributed by atoms with van der Waals surface area (Å²) < 4.78 is 23.4. The molecule has 0 unspecified atom stereocenters. The SMILES string of the molecule is COc1ccc(COc2cccc(OCC3CC3)c2-c2cc(-c3ccc([N+](=O)[O-])c(O)c3)c(C(=O)OC(C)(C)C)c(N)n2)cc1. The molecule has 0 amide bonds. The summed E-state index contributed by atoms with van der Waals surface area (Å²) in [5.74, 6) is 0.740. The number of esters is 1. The molecule has 3 N–H and O–H groups in total. The summed E-state index contributed by atoms with van der Waals surface area (Å²) in [7, 11) is 1.60. The van der Waals surface area contributed by atoms with Gasteiger partial charge in [0.1, 0.15) is 40.8 Å². The summed E-state index contributed by atoms with van der Waals surface area (Å²) >= 11 is 0. The number of nitro benzene ring substituents is 1. The topological polar surface area (TPSA) is 156 Å². The van der Waals surface area contributed by atoms with E-state index in [1.807, 2.05) is 36.4 Å². The van der Waals surface area contributed by atoms with E-state index in [2.05, 4.69) is 4.98 Å². The van der Waals surface area contributed by atoms with Crippen LogP contribution in [0.25, 0.3) is 22.4 Å². The molecule has 45 heavy (non-hydrogen) atoms. The third-order valence-electron chi connectivity index (χ3n) is 7.10. The molecule has 11 heteroatoms. The minimum atomic E-state index is -0.844. The Kier molecular flexibility index (Phi) is 8.80. The Morgan fingerprint density at radius 2 is 1.73 bits per heavy atom. The summed E-state index contributed by atoms with van der Waals surface area (Å²) in [4.78, 5) is 28.7. The highest BCUT2D eigenvalue weighted by Crippen LogP contribution is 2.43. The molecule has 234 valence electrons. The van der Waals surface area contributed by atoms with Crippen LogP contribution in [0.15, 0.2) is 66.7 Å². The van der Waals surface area contributed by atoms with Gasteiger partial charge in [-0.15, -0.1) is 0 Å². The second kappa shape index (κ2) is 12.7. The number of pyridine rings is 1. The number of phenolic OH excluding ortho intramolecular Hbond substituents is 1. The maximum atomic E-state index is 13.4. The Morgan fingerprint density at radius 3 is 2.33 bits per heavy atom. The van der Waals surface area contributed by atoms with Crippen LogP contribution in [-0.2, 0) is 11.3 Å². The standard InChI is InChI=1S/C34H35N3O8/c1-34(2,3)45-33(39)30-24(22-12-15-26(37(40)41)27(38)16-22)17-25(36-32(30)35)31-28(43-18-20-8-9-20)6-5-7-29(31)44-19-21-10-13-23(42-4)14-11-21/h5-7,10-17,20,38H,8-9,18-19H2,1-4H3,(H2,35,36). The Labute approximate surface area is 260 Å². The molecule has 1 heterocycles. The zero-order valence-corrected chi connectivity index (χ0v) is 25.5. The number of aromatic nitrogens is 1. The van der Waals surface area contributed by atoms with Gasteiger partial charge >= 0.3 is 11.7 Å². The van der Waals surface area contributed by atoms with E-state index in [0.717, 1.165) is 30.2 Å². The van der Waals surface area contributed by atoms with Crippen molar-refractivity contribution in [1.29, 1.82) is 0 Å². The zero-order valence-electron chi connectivity index (χ0n) is 25.5. The Bertz CT molecular complexity index is 1730. The van der Waals surface area contributed by atoms with Crippen molar-refractivity contribution < 1.29 is 33.8 Å². The van der Waals surface area contributed by atoms with E-state index in [0.29, 0.717) is 40.8 Å². The first-order valence-electron chi connectivity index (χ1n) is 14.5. The third-order valence-corrected chi connectivity index (χ3v) is 7.10. The molecule has 4 aromatic rings. The van der Waals surface area contributed by atoms with Gasteiger partial charge in [0.15, 0.2) is 5.75 Å². The normalized spacial score (nSPS) is 12.8. The number of nitro groups is 1. The van der Waals surface area contributed by atoms with Gasteiger partial charge in [0, 0.05) is 11.6 Å². The van der Waals surface area contributed by atoms with Crippen LogP contribution in [0.3, 0.4) is 0 Å². The molecular weight excluding hydrogens is 578 g/mol. The van der Waals surface area contributed by atoms with Crippen molar-refractivity contribution in [2.24, 2.45) is 5.92 Å². The van der Waals surface area contributed by atoms with E-state index in [1.54, 1.807) is 40.0 Å². The number of hydrogen-bond donors (Lipinski definition) is 2. The Hall–Kier alpha value is -5.32. The number of nitrogens with zero attached hydrogens (tertiary/aromatic N) is 2. The van der Waals surface area contributed by atoms with Crippen molar-refractivity contribution in [3.05, 3.63) is 88.0 Å². The molecule has 11 nitrogen and oxygen atoms in total. The fraction of sp³-hybridized carbons (Fsp3) is 0.294. The fourth-order valence-electron chi connectivity index (χ4n) is 4.69. The predicted octanol–water partition coefficient (Wildman–Crippen LogP) is 6.94. The average molecular weight is 614 g/mol. The molecule has 1 aliphatic carbocycles. The Balaban J connectivity index is 1.64. The summed E-state index contributed by atoms with van der Waals surface area (Å²) in [6, 6.07) is 18.3. The summed E-state index contributed by atoms with van der Waals surface area (Å²) in [6.45, 7) is 5.92. The van der Waals surface area contributed by atoms with Gasteiger partial charge < -0.3 is 29.8 Å². The number of rotatable bonds is 11. The van der Waals surface area contributed by atoms with E-state index in [-0.39, 0.29) is 23.6 Å². The number of phenols is 1. The summed E-state index contributed by atoms with van der Waals surface area (Å²) in [5.41, 5.74) is 7.43. The minimum Gasteiger partial charge on any atom is -0.502 e. The van der Waals surface area contributed by atoms with Crippen molar-refractivity contribution in [2.75, 3.05) is 19.5 Å². The number of benzene rings is 3. The molecular formula is C34H35N3O8. The number of hydrogen-bond acceptors (Lipinski definition) is 10. The average Bonchev–Trinajstić information content (AvgIpc) is 3.82. The fourth-order valence-corrected chi connectivity index (χ4v) is 4.69. The van der Waals surface area contributed by atoms with Crippen molar-refractivity contribution in [1.82, 2.24) is 4.98 Å². The van der Waals surface area contributed by atoms with Gasteiger partial charge in [-0.1, -0.05) is 18.2 Å². The van der Waals surface area contributed by atoms with Gasteiger partial charge in [-0.2, -0.15) is 0 Å². The highest BCUT2D eigenvalue weighted by Gasteiger charge is 2.28. The molecule has 0 radical (unpaired) electrons. The van der Waals surface area contributed by atoms with Crippen LogP contribution in [0, 0.1) is 16.0 Å². The van der Waals surface area contributed by atoms with Crippen LogP contribution in [0.1, 0.15) is 49.5 Å². The molecule has 0 spiro atoms. The highest BCUT2D eigenvalue weighted by molar-refractivity contribution is 6.03. The van der Waals surface area contributed by atoms with Gasteiger partial charge in [0.05, 0.1) is 29.9 Å². The number of carbonyl (C=O) groups excluding carboxylic acids is 1. The maximum Gasteiger partial charge on any atom is 0.343 e. The van der Waals surface area contributed by atoms with Crippen LogP contribution in [-0.4, -0.2) is 40.3 Å². The second-order valence-electron chi connectivity index (χ2n) is 11.8. The van der Waals surface area contributed by atoms with E-state index in [1.165, 1.54) is 12.1 Å². The molecule has 3 aromatic carbocycles. The number of aromatic hydroxyl groups is 1. The summed E-state index contributed by atoms with van der Waals surface area (Å²) in [5, 5.41) is 21.9. The van der Waals surface area contributed by atoms with E-state index < -0.39 is 27.9 Å². The molecule has 1 fully saturated rings. The van der Waals surface area contributed by atoms with Gasteiger partial charge in [0.2, 0.25) is 0 Å². The van der Waals surface area contributed by atoms with Crippen LogP contribution in [0.5, 0.6) is 23.0 Å². The molecule has 0 saturated heterocycles. The third kappa shape index (κ3) is 7.43. The van der Waals surface area contributed by atoms with Gasteiger partial charge in [-0.3, -0.25) is 10.1 Å². The summed E-state index contributed by atoms with van der Waals surface area (Å²) in [6.07, 6.45) is 2.18. The largest absolute Gasteiger partial charge is 0.502 e. The molecule has 1 saturated carbocycles. The Morgan fingerprint density at radius 1 is 1.04 bits per heavy atom. The number of nitrogen functional groups attached to an aromatic ring is 1. The molecule has 0 atom stereocenters. The smallest absolute Gasteiger partial charge is 0.343 e. The predicted molar refractivity (Wildman–Crippen MR) is 169 cm³/mol. The van der Waals surface area contributed by atoms with Crippen LogP contribution < -0.4 is 19.9 Å². The van der Waals surface area contributed by atoms with Gasteiger partial charge in [-0.25, -0.2) is 9.78 Å². The lowest BCUT2D eigenvalue weighted by molar-refractivity contribution is -0.385. The number of nitrogens with two attached hydrogens (primary N) is 1. The molecule has 1 aromatic heterocycles. The molecule has 1 aliphatic rings. The number of methoxy groups -OCH3 is 1. The molecule has 0 aliphatic heterocycles. The lowest BCUT2D eigenvalue weighted by Gasteiger charge is -2.22. The maximum absolute atomic E-state index is 13.4. The monoisotopic (exact) mass is 613 g/mol. The lowest BCUT2D eigenvalue weighted by atomic mass is 9.96. The van der Waals surface area contributed by atoms with Crippen molar-refractivity contribution in [3.8, 4) is 45.4 Å². The van der Waals surface area contributed by atoms with Crippen molar-refractivity contribution >= 4 is 17.5 Å². The van der Waals surface area contributed by atoms with Gasteiger partial charge in [0.25, 0.3) is 0 Å². The van der Waals surface area contributed by atoms with Crippen LogP contribution in [0.4, 0.5) is 11.5 Å². The van der Waals surface area contributed by atoms with E-state index in [4.69, 9.17) is 24.7 Å². The molecule has 0 bridgehead atoms. The van der Waals surface area contributed by atoms with Crippen LogP contribution in [0.2, 0.25) is 0 Å². The lowest BCUT2D eigenvalue weighted by Crippen LogP contribution is -2.25. The highest BCUT2D eigenvalue weighted by atomic mass is 16.6. The quantitative estimate of drug-likeness (QED) is 0.103. The van der Waals surface area contributed by atoms with E-state index >= 15 is 0 Å². The molecule has 5 rings (SSSR count). The minimum absolute atomic E-state index is 0.0426. The van der Waals surface area contributed by atoms with Crippen molar-refractivity contribution in [2.45, 2.75) is 45.8 Å².